The zero-order chi connectivity index (χ0) is 18.6. The fraction of sp³-hybridized carbons (Fsp3) is 0.312. The number of esters is 1. The second-order valence-electron chi connectivity index (χ2n) is 5.19. The van der Waals surface area contributed by atoms with Gasteiger partial charge in [0.05, 0.1) is 18.4 Å². The SMILES string of the molecule is COC(=O)CCCC(=O)n1ccn(-c2cccc(C(F)(F)F)c2)c1=O. The molecule has 0 spiro atoms. The number of carbonyl (C=O) groups excluding carboxylic acids is 2. The van der Waals surface area contributed by atoms with Gasteiger partial charge in [0.15, 0.2) is 0 Å². The van der Waals surface area contributed by atoms with Crippen molar-refractivity contribution < 1.29 is 27.5 Å². The Kier molecular flexibility index (Phi) is 5.45. The normalized spacial score (nSPS) is 11.4. The Morgan fingerprint density at radius 2 is 1.88 bits per heavy atom. The van der Waals surface area contributed by atoms with E-state index in [-0.39, 0.29) is 24.9 Å². The van der Waals surface area contributed by atoms with E-state index in [4.69, 9.17) is 0 Å². The van der Waals surface area contributed by atoms with Crippen LogP contribution in [-0.2, 0) is 15.7 Å². The summed E-state index contributed by atoms with van der Waals surface area (Å²) in [6, 6.07) is 4.24. The number of methoxy groups -OCH3 is 1. The molecule has 0 bridgehead atoms. The molecule has 134 valence electrons. The Hall–Kier alpha value is -2.84. The van der Waals surface area contributed by atoms with E-state index in [1.165, 1.54) is 31.6 Å². The molecule has 2 rings (SSSR count). The number of hydrogen-bond donors (Lipinski definition) is 0. The second-order valence-corrected chi connectivity index (χ2v) is 5.19. The summed E-state index contributed by atoms with van der Waals surface area (Å²) in [5.41, 5.74) is -1.67. The summed E-state index contributed by atoms with van der Waals surface area (Å²) in [4.78, 5) is 35.3. The molecule has 25 heavy (non-hydrogen) atoms. The van der Waals surface area contributed by atoms with Crippen LogP contribution in [0.4, 0.5) is 13.2 Å². The lowest BCUT2D eigenvalue weighted by atomic mass is 10.2. The highest BCUT2D eigenvalue weighted by atomic mass is 19.4. The summed E-state index contributed by atoms with van der Waals surface area (Å²) in [7, 11) is 1.23. The van der Waals surface area contributed by atoms with Gasteiger partial charge in [-0.2, -0.15) is 13.2 Å². The van der Waals surface area contributed by atoms with Crippen LogP contribution in [0.5, 0.6) is 0 Å². The summed E-state index contributed by atoms with van der Waals surface area (Å²) in [6.45, 7) is 0. The van der Waals surface area contributed by atoms with Gasteiger partial charge in [-0.15, -0.1) is 0 Å². The van der Waals surface area contributed by atoms with Gasteiger partial charge in [0.25, 0.3) is 0 Å². The predicted molar refractivity (Wildman–Crippen MR) is 81.5 cm³/mol. The van der Waals surface area contributed by atoms with Crippen LogP contribution in [-0.4, -0.2) is 28.1 Å². The summed E-state index contributed by atoms with van der Waals surface area (Å²) in [5.74, 6) is -1.03. The van der Waals surface area contributed by atoms with Gasteiger partial charge in [0.1, 0.15) is 0 Å². The van der Waals surface area contributed by atoms with E-state index in [9.17, 15) is 27.6 Å². The minimum absolute atomic E-state index is 0.000866. The van der Waals surface area contributed by atoms with Crippen molar-refractivity contribution >= 4 is 11.9 Å². The average molecular weight is 356 g/mol. The number of rotatable bonds is 5. The molecule has 1 heterocycles. The van der Waals surface area contributed by atoms with Gasteiger partial charge < -0.3 is 4.74 Å². The maximum absolute atomic E-state index is 12.8. The van der Waals surface area contributed by atoms with Crippen molar-refractivity contribution in [2.45, 2.75) is 25.4 Å². The number of aromatic nitrogens is 2. The van der Waals surface area contributed by atoms with Crippen LogP contribution in [0.15, 0.2) is 41.5 Å². The van der Waals surface area contributed by atoms with Crippen molar-refractivity contribution in [2.75, 3.05) is 7.11 Å². The first-order chi connectivity index (χ1) is 11.7. The number of hydrogen-bond acceptors (Lipinski definition) is 4. The van der Waals surface area contributed by atoms with Crippen molar-refractivity contribution in [3.63, 3.8) is 0 Å². The Labute approximate surface area is 140 Å². The zero-order valence-corrected chi connectivity index (χ0v) is 13.2. The van der Waals surface area contributed by atoms with E-state index in [0.717, 1.165) is 21.3 Å². The molecule has 0 N–H and O–H groups in total. The fourth-order valence-corrected chi connectivity index (χ4v) is 2.20. The van der Waals surface area contributed by atoms with Crippen LogP contribution in [0.2, 0.25) is 0 Å². The third-order valence-electron chi connectivity index (χ3n) is 3.50. The van der Waals surface area contributed by atoms with Crippen LogP contribution in [0.25, 0.3) is 5.69 Å². The summed E-state index contributed by atoms with van der Waals surface area (Å²) in [6.07, 6.45) is -1.97. The molecule has 0 unspecified atom stereocenters. The molecule has 1 aromatic heterocycles. The highest BCUT2D eigenvalue weighted by Crippen LogP contribution is 2.30. The number of benzene rings is 1. The Morgan fingerprint density at radius 3 is 2.52 bits per heavy atom. The second kappa shape index (κ2) is 7.37. The lowest BCUT2D eigenvalue weighted by Crippen LogP contribution is -2.28. The molecule has 0 aliphatic carbocycles. The maximum atomic E-state index is 12.8. The smallest absolute Gasteiger partial charge is 0.416 e. The van der Waals surface area contributed by atoms with Gasteiger partial charge in [0.2, 0.25) is 5.91 Å². The van der Waals surface area contributed by atoms with Crippen LogP contribution < -0.4 is 5.69 Å². The van der Waals surface area contributed by atoms with E-state index in [0.29, 0.717) is 0 Å². The van der Waals surface area contributed by atoms with Gasteiger partial charge in [-0.3, -0.25) is 14.2 Å². The summed E-state index contributed by atoms with van der Waals surface area (Å²) >= 11 is 0. The van der Waals surface area contributed by atoms with Crippen molar-refractivity contribution in [1.82, 2.24) is 9.13 Å². The predicted octanol–water partition coefficient (Wildman–Crippen LogP) is 2.64. The third kappa shape index (κ3) is 4.37. The van der Waals surface area contributed by atoms with Crippen LogP contribution in [0.3, 0.4) is 0 Å². The first-order valence-electron chi connectivity index (χ1n) is 7.31. The Morgan fingerprint density at radius 1 is 1.16 bits per heavy atom. The average Bonchev–Trinajstić information content (AvgIpc) is 2.95. The van der Waals surface area contributed by atoms with Crippen LogP contribution >= 0.6 is 0 Å². The van der Waals surface area contributed by atoms with Crippen LogP contribution in [0, 0.1) is 0 Å². The van der Waals surface area contributed by atoms with Crippen molar-refractivity contribution in [1.29, 1.82) is 0 Å². The first kappa shape index (κ1) is 18.5. The monoisotopic (exact) mass is 356 g/mol. The van der Waals surface area contributed by atoms with Gasteiger partial charge in [-0.1, -0.05) is 6.07 Å². The van der Waals surface area contributed by atoms with E-state index in [2.05, 4.69) is 4.74 Å². The molecule has 0 fully saturated rings. The quantitative estimate of drug-likeness (QED) is 0.773. The molecule has 0 aliphatic rings. The number of imidazole rings is 1. The zero-order valence-electron chi connectivity index (χ0n) is 13.2. The molecule has 0 saturated carbocycles. The number of alkyl halides is 3. The number of nitrogens with zero attached hydrogens (tertiary/aromatic N) is 2. The van der Waals surface area contributed by atoms with Crippen molar-refractivity contribution in [2.24, 2.45) is 0 Å². The molecule has 1 aromatic carbocycles. The van der Waals surface area contributed by atoms with Crippen molar-refractivity contribution in [3.8, 4) is 5.69 Å². The molecule has 0 aliphatic heterocycles. The largest absolute Gasteiger partial charge is 0.469 e. The number of carbonyl (C=O) groups is 2. The van der Waals surface area contributed by atoms with Gasteiger partial charge >= 0.3 is 17.8 Å². The fourth-order valence-electron chi connectivity index (χ4n) is 2.20. The highest BCUT2D eigenvalue weighted by Gasteiger charge is 2.30. The Balaban J connectivity index is 2.20. The minimum Gasteiger partial charge on any atom is -0.469 e. The van der Waals surface area contributed by atoms with Gasteiger partial charge in [-0.25, -0.2) is 9.36 Å². The standard InChI is InChI=1S/C16H15F3N2O4/c1-25-14(23)7-3-6-13(22)21-9-8-20(15(21)24)12-5-2-4-11(10-12)16(17,18)19/h2,4-5,8-10H,3,6-7H2,1H3. The molecule has 2 aromatic rings. The third-order valence-corrected chi connectivity index (χ3v) is 3.50. The lowest BCUT2D eigenvalue weighted by molar-refractivity contribution is -0.140. The van der Waals surface area contributed by atoms with E-state index >= 15 is 0 Å². The van der Waals surface area contributed by atoms with Crippen LogP contribution in [0.1, 0.15) is 29.6 Å². The van der Waals surface area contributed by atoms with Gasteiger partial charge in [-0.05, 0) is 24.6 Å². The molecule has 0 atom stereocenters. The lowest BCUT2D eigenvalue weighted by Gasteiger charge is -2.08. The molecule has 6 nitrogen and oxygen atoms in total. The molecular formula is C16H15F3N2O4. The molecule has 9 heteroatoms. The molecular weight excluding hydrogens is 341 g/mol. The topological polar surface area (TPSA) is 70.3 Å². The highest BCUT2D eigenvalue weighted by molar-refractivity contribution is 5.79. The number of ether oxygens (including phenoxy) is 1. The molecule has 0 saturated heterocycles. The first-order valence-corrected chi connectivity index (χ1v) is 7.31. The number of halogens is 3. The van der Waals surface area contributed by atoms with E-state index < -0.39 is 29.3 Å². The maximum Gasteiger partial charge on any atom is 0.416 e. The summed E-state index contributed by atoms with van der Waals surface area (Å²) in [5, 5.41) is 0. The Bertz CT molecular complexity index is 836. The van der Waals surface area contributed by atoms with Crippen molar-refractivity contribution in [3.05, 3.63) is 52.7 Å². The minimum atomic E-state index is -4.54. The summed E-state index contributed by atoms with van der Waals surface area (Å²) < 4.78 is 44.5. The molecule has 0 amide bonds. The van der Waals surface area contributed by atoms with E-state index in [1.54, 1.807) is 0 Å². The van der Waals surface area contributed by atoms with E-state index in [1.807, 2.05) is 0 Å². The van der Waals surface area contributed by atoms with Gasteiger partial charge in [0, 0.05) is 25.2 Å². The molecule has 0 radical (unpaired) electrons.